The molecular formula is C50H99NO7. The van der Waals surface area contributed by atoms with E-state index in [1.54, 1.807) is 0 Å². The van der Waals surface area contributed by atoms with Crippen molar-refractivity contribution in [3.05, 3.63) is 12.2 Å². The van der Waals surface area contributed by atoms with Gasteiger partial charge in [0, 0.05) is 0 Å². The molecule has 58 heavy (non-hydrogen) atoms. The summed E-state index contributed by atoms with van der Waals surface area (Å²) in [6.45, 7) is 3.83. The normalized spacial score (nSPS) is 15.1. The number of unbranched alkanes of at least 4 members (excludes halogenated alkanes) is 33. The molecule has 0 bridgehead atoms. The Morgan fingerprint density at radius 3 is 1.10 bits per heavy atom. The monoisotopic (exact) mass is 826 g/mol. The van der Waals surface area contributed by atoms with E-state index in [4.69, 9.17) is 0 Å². The van der Waals surface area contributed by atoms with Gasteiger partial charge in [0.1, 0.15) is 24.4 Å². The summed E-state index contributed by atoms with van der Waals surface area (Å²) in [6, 6.07) is -1.28. The van der Waals surface area contributed by atoms with E-state index in [1.807, 2.05) is 0 Å². The summed E-state index contributed by atoms with van der Waals surface area (Å²) in [5, 5.41) is 64.7. The second-order valence-corrected chi connectivity index (χ2v) is 17.8. The zero-order valence-corrected chi connectivity index (χ0v) is 38.3. The van der Waals surface area contributed by atoms with Crippen LogP contribution in [0.5, 0.6) is 0 Å². The maximum absolute atomic E-state index is 12.6. The van der Waals surface area contributed by atoms with Crippen LogP contribution in [-0.2, 0) is 4.79 Å². The molecule has 0 aromatic heterocycles. The van der Waals surface area contributed by atoms with E-state index in [1.165, 1.54) is 180 Å². The highest BCUT2D eigenvalue weighted by atomic mass is 16.4. The van der Waals surface area contributed by atoms with Crippen molar-refractivity contribution in [2.75, 3.05) is 6.61 Å². The molecule has 0 saturated heterocycles. The molecule has 0 unspecified atom stereocenters. The van der Waals surface area contributed by atoms with E-state index < -0.39 is 49.1 Å². The van der Waals surface area contributed by atoms with Gasteiger partial charge in [0.15, 0.2) is 0 Å². The predicted octanol–water partition coefficient (Wildman–Crippen LogP) is 11.7. The van der Waals surface area contributed by atoms with E-state index in [-0.39, 0.29) is 12.8 Å². The Bertz CT molecular complexity index is 873. The van der Waals surface area contributed by atoms with Gasteiger partial charge in [0.05, 0.1) is 18.8 Å². The van der Waals surface area contributed by atoms with Gasteiger partial charge in [0.2, 0.25) is 5.91 Å². The second kappa shape index (κ2) is 44.0. The van der Waals surface area contributed by atoms with Gasteiger partial charge >= 0.3 is 0 Å². The van der Waals surface area contributed by atoms with Crippen molar-refractivity contribution in [2.24, 2.45) is 0 Å². The lowest BCUT2D eigenvalue weighted by Gasteiger charge is -2.31. The summed E-state index contributed by atoms with van der Waals surface area (Å²) in [6.07, 6.45) is 42.5. The van der Waals surface area contributed by atoms with Crippen molar-refractivity contribution >= 4 is 5.91 Å². The minimum atomic E-state index is -1.76. The second-order valence-electron chi connectivity index (χ2n) is 17.8. The fourth-order valence-electron chi connectivity index (χ4n) is 8.03. The lowest BCUT2D eigenvalue weighted by molar-refractivity contribution is -0.137. The number of allylic oxidation sites excluding steroid dienone is 2. The topological polar surface area (TPSA) is 150 Å². The van der Waals surface area contributed by atoms with Gasteiger partial charge in [0.25, 0.3) is 0 Å². The molecule has 8 heteroatoms. The first-order valence-corrected chi connectivity index (χ1v) is 25.3. The Hall–Kier alpha value is -1.03. The third-order valence-electron chi connectivity index (χ3n) is 12.2. The van der Waals surface area contributed by atoms with Gasteiger partial charge in [-0.25, -0.2) is 0 Å². The molecule has 0 aliphatic carbocycles. The van der Waals surface area contributed by atoms with Crippen molar-refractivity contribution in [2.45, 2.75) is 294 Å². The molecule has 0 aromatic carbocycles. The van der Waals surface area contributed by atoms with E-state index >= 15 is 0 Å². The van der Waals surface area contributed by atoms with Crippen molar-refractivity contribution < 1.29 is 35.4 Å². The zero-order valence-electron chi connectivity index (χ0n) is 38.3. The van der Waals surface area contributed by atoms with Crippen LogP contribution in [0.15, 0.2) is 12.2 Å². The largest absolute Gasteiger partial charge is 0.394 e. The summed E-state index contributed by atoms with van der Waals surface area (Å²) in [4.78, 5) is 12.6. The first kappa shape index (κ1) is 57.0. The number of carbonyl (C=O) groups is 1. The third kappa shape index (κ3) is 35.7. The minimum Gasteiger partial charge on any atom is -0.394 e. The average Bonchev–Trinajstić information content (AvgIpc) is 3.23. The van der Waals surface area contributed by atoms with Gasteiger partial charge in [-0.1, -0.05) is 231 Å². The Morgan fingerprint density at radius 2 is 0.724 bits per heavy atom. The van der Waals surface area contributed by atoms with Gasteiger partial charge in [-0.05, 0) is 38.5 Å². The number of aliphatic hydroxyl groups is 6. The van der Waals surface area contributed by atoms with Crippen LogP contribution in [0.25, 0.3) is 0 Å². The van der Waals surface area contributed by atoms with Crippen molar-refractivity contribution in [1.82, 2.24) is 5.32 Å². The molecular weight excluding hydrogens is 727 g/mol. The fraction of sp³-hybridized carbons (Fsp3) is 0.940. The molecule has 0 saturated carbocycles. The molecule has 0 radical (unpaired) electrons. The molecule has 6 atom stereocenters. The highest BCUT2D eigenvalue weighted by Crippen LogP contribution is 2.18. The van der Waals surface area contributed by atoms with E-state index in [0.29, 0.717) is 12.8 Å². The summed E-state index contributed by atoms with van der Waals surface area (Å²) in [7, 11) is 0. The number of hydrogen-bond acceptors (Lipinski definition) is 7. The van der Waals surface area contributed by atoms with E-state index in [2.05, 4.69) is 31.3 Å². The van der Waals surface area contributed by atoms with Crippen LogP contribution in [-0.4, -0.2) is 79.7 Å². The minimum absolute atomic E-state index is 0.278. The third-order valence-corrected chi connectivity index (χ3v) is 12.2. The van der Waals surface area contributed by atoms with Crippen LogP contribution in [0, 0.1) is 0 Å². The van der Waals surface area contributed by atoms with Crippen LogP contribution >= 0.6 is 0 Å². The molecule has 346 valence electrons. The maximum atomic E-state index is 12.6. The van der Waals surface area contributed by atoms with Crippen LogP contribution in [0.2, 0.25) is 0 Å². The van der Waals surface area contributed by atoms with Crippen molar-refractivity contribution in [3.8, 4) is 0 Å². The molecule has 0 fully saturated rings. The average molecular weight is 826 g/mol. The summed E-state index contributed by atoms with van der Waals surface area (Å²) < 4.78 is 0. The Kier molecular flexibility index (Phi) is 43.3. The number of amides is 1. The van der Waals surface area contributed by atoms with Crippen molar-refractivity contribution in [1.29, 1.82) is 0 Å². The number of nitrogens with one attached hydrogen (secondary N) is 1. The molecule has 1 amide bonds. The van der Waals surface area contributed by atoms with Gasteiger partial charge in [-0.2, -0.15) is 0 Å². The molecule has 0 heterocycles. The highest BCUT2D eigenvalue weighted by Gasteiger charge is 2.35. The number of carbonyl (C=O) groups excluding carboxylic acids is 1. The summed E-state index contributed by atoms with van der Waals surface area (Å²) >= 11 is 0. The van der Waals surface area contributed by atoms with Crippen molar-refractivity contribution in [3.63, 3.8) is 0 Å². The lowest BCUT2D eigenvalue weighted by atomic mass is 9.94. The SMILES string of the molecule is CCCCC/C=C/CCCCCCCCCCC[C@@H](O)[C@@H](O)[C@@H](O)[C@@H](O)[C@@H](CO)NC(=O)[C@H](O)CCCCCCCCCCCCCCCCCCCCCCCC. The summed E-state index contributed by atoms with van der Waals surface area (Å²) in [5.41, 5.74) is 0. The van der Waals surface area contributed by atoms with Gasteiger partial charge in [-0.15, -0.1) is 0 Å². The molecule has 7 N–H and O–H groups in total. The van der Waals surface area contributed by atoms with E-state index in [0.717, 1.165) is 38.5 Å². The highest BCUT2D eigenvalue weighted by molar-refractivity contribution is 5.80. The van der Waals surface area contributed by atoms with Crippen LogP contribution in [0.3, 0.4) is 0 Å². The lowest BCUT2D eigenvalue weighted by Crippen LogP contribution is -2.57. The molecule has 0 aliphatic rings. The van der Waals surface area contributed by atoms with Gasteiger partial charge in [-0.3, -0.25) is 4.79 Å². The first-order valence-electron chi connectivity index (χ1n) is 25.3. The zero-order chi connectivity index (χ0) is 42.7. The molecule has 0 spiro atoms. The molecule has 0 aromatic rings. The van der Waals surface area contributed by atoms with E-state index in [9.17, 15) is 35.4 Å². The van der Waals surface area contributed by atoms with Crippen LogP contribution < -0.4 is 5.32 Å². The standard InChI is InChI=1S/C50H99NO7/c1-3-5-7-9-11-13-15-17-19-21-22-23-24-25-26-28-30-32-34-36-38-40-42-46(54)50(58)51-44(43-52)47(55)49(57)48(56)45(53)41-39-37-35-33-31-29-27-20-18-16-14-12-10-8-6-4-2/h12,14,44-49,52-57H,3-11,13,15-43H2,1-2H3,(H,51,58)/b14-12+/t44-,45-,46-,47+,48-,49+/m1/s1. The molecule has 8 nitrogen and oxygen atoms in total. The number of rotatable bonds is 46. The molecule has 0 aliphatic heterocycles. The quantitative estimate of drug-likeness (QED) is 0.0238. The molecule has 0 rings (SSSR count). The summed E-state index contributed by atoms with van der Waals surface area (Å²) in [5.74, 6) is -0.728. The number of aliphatic hydroxyl groups excluding tert-OH is 6. The predicted molar refractivity (Wildman–Crippen MR) is 245 cm³/mol. The maximum Gasteiger partial charge on any atom is 0.249 e. The fourth-order valence-corrected chi connectivity index (χ4v) is 8.03. The Morgan fingerprint density at radius 1 is 0.414 bits per heavy atom. The smallest absolute Gasteiger partial charge is 0.249 e. The van der Waals surface area contributed by atoms with Crippen LogP contribution in [0.1, 0.15) is 258 Å². The number of hydrogen-bond donors (Lipinski definition) is 7. The van der Waals surface area contributed by atoms with Gasteiger partial charge < -0.3 is 36.0 Å². The Labute approximate surface area is 358 Å². The first-order chi connectivity index (χ1) is 28.3. The van der Waals surface area contributed by atoms with Crippen LogP contribution in [0.4, 0.5) is 0 Å². The Balaban J connectivity index is 3.84.